The number of hydrogen-bond acceptors (Lipinski definition) is 3. The van der Waals surface area contributed by atoms with Crippen LogP contribution in [0, 0.1) is 6.92 Å². The maximum Gasteiger partial charge on any atom is 0.135 e. The lowest BCUT2D eigenvalue weighted by atomic mass is 9.98. The molecule has 3 aromatic rings. The minimum Gasteiger partial charge on any atom is -0.496 e. The quantitative estimate of drug-likeness (QED) is 0.541. The lowest BCUT2D eigenvalue weighted by molar-refractivity contribution is 0.135. The second-order valence-electron chi connectivity index (χ2n) is 7.59. The average Bonchev–Trinajstić information content (AvgIpc) is 3.03. The Balaban J connectivity index is 1.75. The van der Waals surface area contributed by atoms with Gasteiger partial charge in [-0.25, -0.2) is 0 Å². The van der Waals surface area contributed by atoms with Crippen LogP contribution >= 0.6 is 0 Å². The van der Waals surface area contributed by atoms with Crippen molar-refractivity contribution < 1.29 is 9.15 Å². The van der Waals surface area contributed by atoms with Crippen LogP contribution in [0.2, 0.25) is 0 Å². The molecular formula is C24H29NO2. The van der Waals surface area contributed by atoms with E-state index in [1.807, 2.05) is 13.0 Å². The Bertz CT molecular complexity index is 913. The normalized spacial score (nSPS) is 18.1. The van der Waals surface area contributed by atoms with Gasteiger partial charge in [-0.1, -0.05) is 43.7 Å². The zero-order valence-corrected chi connectivity index (χ0v) is 16.6. The predicted octanol–water partition coefficient (Wildman–Crippen LogP) is 6.18. The summed E-state index contributed by atoms with van der Waals surface area (Å²) < 4.78 is 12.0. The van der Waals surface area contributed by atoms with Gasteiger partial charge in [0.2, 0.25) is 0 Å². The highest BCUT2D eigenvalue weighted by Crippen LogP contribution is 2.38. The van der Waals surface area contributed by atoms with E-state index >= 15 is 0 Å². The maximum absolute atomic E-state index is 6.16. The third-order valence-electron chi connectivity index (χ3n) is 5.92. The van der Waals surface area contributed by atoms with Gasteiger partial charge in [-0.2, -0.15) is 0 Å². The van der Waals surface area contributed by atoms with Crippen molar-refractivity contribution in [1.29, 1.82) is 0 Å². The van der Waals surface area contributed by atoms with Crippen LogP contribution in [0.15, 0.2) is 46.9 Å². The molecule has 2 heterocycles. The topological polar surface area (TPSA) is 25.6 Å². The first-order valence-corrected chi connectivity index (χ1v) is 10.1. The molecule has 1 aliphatic heterocycles. The number of likely N-dealkylation sites (tertiary alicyclic amines) is 1. The van der Waals surface area contributed by atoms with Crippen LogP contribution in [0.5, 0.6) is 5.75 Å². The number of benzene rings is 2. The second kappa shape index (κ2) is 7.77. The summed E-state index contributed by atoms with van der Waals surface area (Å²) in [6.07, 6.45) is 5.16. The molecule has 0 radical (unpaired) electrons. The van der Waals surface area contributed by atoms with Crippen molar-refractivity contribution in [2.45, 2.75) is 52.1 Å². The van der Waals surface area contributed by atoms with Crippen molar-refractivity contribution in [3.05, 3.63) is 53.8 Å². The lowest BCUT2D eigenvalue weighted by Gasteiger charge is -2.35. The molecule has 1 fully saturated rings. The smallest absolute Gasteiger partial charge is 0.135 e. The summed E-state index contributed by atoms with van der Waals surface area (Å²) in [6, 6.07) is 15.5. The number of piperidine rings is 1. The molecule has 1 atom stereocenters. The van der Waals surface area contributed by atoms with Gasteiger partial charge in [0.15, 0.2) is 0 Å². The number of methoxy groups -OCH3 is 1. The third-order valence-corrected chi connectivity index (χ3v) is 5.92. The minimum absolute atomic E-state index is 0.678. The van der Waals surface area contributed by atoms with Gasteiger partial charge in [0.1, 0.15) is 17.1 Å². The summed E-state index contributed by atoms with van der Waals surface area (Å²) in [5, 5.41) is 1.13. The Hall–Kier alpha value is -2.26. The van der Waals surface area contributed by atoms with Gasteiger partial charge in [-0.15, -0.1) is 0 Å². The monoisotopic (exact) mass is 363 g/mol. The van der Waals surface area contributed by atoms with Crippen molar-refractivity contribution in [1.82, 2.24) is 4.90 Å². The summed E-state index contributed by atoms with van der Waals surface area (Å²) in [6.45, 7) is 6.45. The van der Waals surface area contributed by atoms with E-state index in [0.717, 1.165) is 29.0 Å². The Kier molecular flexibility index (Phi) is 5.22. The molecule has 0 amide bonds. The van der Waals surface area contributed by atoms with Crippen LogP contribution < -0.4 is 4.74 Å². The van der Waals surface area contributed by atoms with Crippen molar-refractivity contribution in [2.75, 3.05) is 13.7 Å². The first-order chi connectivity index (χ1) is 13.2. The molecule has 3 heteroatoms. The largest absolute Gasteiger partial charge is 0.496 e. The molecule has 27 heavy (non-hydrogen) atoms. The summed E-state index contributed by atoms with van der Waals surface area (Å²) in [4.78, 5) is 2.61. The van der Waals surface area contributed by atoms with Crippen molar-refractivity contribution >= 4 is 11.0 Å². The van der Waals surface area contributed by atoms with Crippen molar-refractivity contribution in [2.24, 2.45) is 0 Å². The first kappa shape index (κ1) is 18.1. The Morgan fingerprint density at radius 2 is 1.96 bits per heavy atom. The highest BCUT2D eigenvalue weighted by atomic mass is 16.5. The molecule has 0 saturated carbocycles. The van der Waals surface area contributed by atoms with Gasteiger partial charge in [0.25, 0.3) is 0 Å². The highest BCUT2D eigenvalue weighted by Gasteiger charge is 2.23. The van der Waals surface area contributed by atoms with Crippen LogP contribution in [0.4, 0.5) is 0 Å². The third kappa shape index (κ3) is 3.49. The zero-order chi connectivity index (χ0) is 18.8. The van der Waals surface area contributed by atoms with Crippen LogP contribution in [0.3, 0.4) is 0 Å². The van der Waals surface area contributed by atoms with Crippen molar-refractivity contribution in [3.8, 4) is 16.9 Å². The van der Waals surface area contributed by atoms with Gasteiger partial charge >= 0.3 is 0 Å². The van der Waals surface area contributed by atoms with E-state index in [0.29, 0.717) is 6.04 Å². The predicted molar refractivity (Wildman–Crippen MR) is 111 cm³/mol. The summed E-state index contributed by atoms with van der Waals surface area (Å²) >= 11 is 0. The molecule has 0 spiro atoms. The van der Waals surface area contributed by atoms with Crippen molar-refractivity contribution in [3.63, 3.8) is 0 Å². The first-order valence-electron chi connectivity index (χ1n) is 10.1. The fourth-order valence-electron chi connectivity index (χ4n) is 4.51. The Labute approximate surface area is 161 Å². The van der Waals surface area contributed by atoms with E-state index in [4.69, 9.17) is 9.15 Å². The highest BCUT2D eigenvalue weighted by molar-refractivity contribution is 5.97. The van der Waals surface area contributed by atoms with Crippen LogP contribution in [0.1, 0.15) is 43.9 Å². The number of fused-ring (bicyclic) bond motifs is 1. The minimum atomic E-state index is 0.678. The number of furan rings is 1. The molecular weight excluding hydrogens is 334 g/mol. The van der Waals surface area contributed by atoms with Crippen LogP contribution in [0.25, 0.3) is 22.1 Å². The molecule has 3 nitrogen and oxygen atoms in total. The summed E-state index contributed by atoms with van der Waals surface area (Å²) in [7, 11) is 1.77. The van der Waals surface area contributed by atoms with Crippen LogP contribution in [-0.2, 0) is 6.54 Å². The standard InChI is InChI=1S/C24H29NO2/c1-4-20-12-8-9-13-25(20)16-19-14-23-21(15-22(19)26-3)24(17(2)27-23)18-10-6-5-7-11-18/h5-7,10-11,14-15,20H,4,8-9,12-13,16H2,1-3H3. The molecule has 1 aliphatic rings. The van der Waals surface area contributed by atoms with E-state index in [2.05, 4.69) is 48.2 Å². The zero-order valence-electron chi connectivity index (χ0n) is 16.6. The van der Waals surface area contributed by atoms with E-state index in [1.54, 1.807) is 7.11 Å². The van der Waals surface area contributed by atoms with E-state index in [9.17, 15) is 0 Å². The summed E-state index contributed by atoms with van der Waals surface area (Å²) in [5.41, 5.74) is 4.52. The lowest BCUT2D eigenvalue weighted by Crippen LogP contribution is -2.38. The molecule has 142 valence electrons. The van der Waals surface area contributed by atoms with Gasteiger partial charge < -0.3 is 9.15 Å². The molecule has 1 aromatic heterocycles. The number of nitrogens with zero attached hydrogens (tertiary/aromatic N) is 1. The summed E-state index contributed by atoms with van der Waals surface area (Å²) in [5.74, 6) is 1.92. The number of aryl methyl sites for hydroxylation is 1. The van der Waals surface area contributed by atoms with E-state index in [-0.39, 0.29) is 0 Å². The van der Waals surface area contributed by atoms with Gasteiger partial charge in [0, 0.05) is 29.1 Å². The SMILES string of the molecule is CCC1CCCCN1Cc1cc2oc(C)c(-c3ccccc3)c2cc1OC. The van der Waals surface area contributed by atoms with Crippen LogP contribution in [-0.4, -0.2) is 24.6 Å². The fraction of sp³-hybridized carbons (Fsp3) is 0.417. The molecule has 0 bridgehead atoms. The van der Waals surface area contributed by atoms with Gasteiger partial charge in [-0.05, 0) is 50.4 Å². The second-order valence-corrected chi connectivity index (χ2v) is 7.59. The van der Waals surface area contributed by atoms with E-state index < -0.39 is 0 Å². The number of hydrogen-bond donors (Lipinski definition) is 0. The average molecular weight is 364 g/mol. The van der Waals surface area contributed by atoms with Gasteiger partial charge in [0.05, 0.1) is 7.11 Å². The maximum atomic E-state index is 6.16. The Morgan fingerprint density at radius 3 is 2.70 bits per heavy atom. The fourth-order valence-corrected chi connectivity index (χ4v) is 4.51. The molecule has 1 unspecified atom stereocenters. The van der Waals surface area contributed by atoms with E-state index in [1.165, 1.54) is 48.9 Å². The number of rotatable bonds is 5. The number of ether oxygens (including phenoxy) is 1. The molecule has 0 aliphatic carbocycles. The molecule has 1 saturated heterocycles. The van der Waals surface area contributed by atoms with Gasteiger partial charge in [-0.3, -0.25) is 4.90 Å². The molecule has 4 rings (SSSR count). The Morgan fingerprint density at radius 1 is 1.15 bits per heavy atom. The molecule has 0 N–H and O–H groups in total. The molecule has 2 aromatic carbocycles.